The Kier molecular flexibility index (Phi) is 6.92. The van der Waals surface area contributed by atoms with Crippen LogP contribution < -0.4 is 15.4 Å². The molecule has 1 rings (SSSR count). The summed E-state index contributed by atoms with van der Waals surface area (Å²) in [5.41, 5.74) is 0.772. The molecule has 0 aliphatic rings. The van der Waals surface area contributed by atoms with Crippen molar-refractivity contribution < 1.29 is 14.3 Å². The molecule has 0 aromatic heterocycles. The molecule has 1 atom stereocenters. The summed E-state index contributed by atoms with van der Waals surface area (Å²) in [4.78, 5) is 11.2. The third kappa shape index (κ3) is 5.72. The second-order valence-corrected chi connectivity index (χ2v) is 4.02. The number of nitrogens with one attached hydrogen (secondary N) is 2. The van der Waals surface area contributed by atoms with E-state index in [2.05, 4.69) is 10.6 Å². The van der Waals surface area contributed by atoms with Gasteiger partial charge in [-0.1, -0.05) is 13.8 Å². The predicted octanol–water partition coefficient (Wildman–Crippen LogP) is 2.00. The zero-order valence-corrected chi connectivity index (χ0v) is 11.7. The van der Waals surface area contributed by atoms with E-state index in [4.69, 9.17) is 9.47 Å². The first-order valence-corrected chi connectivity index (χ1v) is 6.48. The zero-order chi connectivity index (χ0) is 14.1. The number of carbonyl (C=O) groups is 1. The lowest BCUT2D eigenvalue weighted by Crippen LogP contribution is -2.36. The van der Waals surface area contributed by atoms with E-state index in [-0.39, 0.29) is 12.1 Å². The molecule has 5 heteroatoms. The van der Waals surface area contributed by atoms with Gasteiger partial charge in [-0.25, -0.2) is 0 Å². The molecule has 0 aliphatic carbocycles. The van der Waals surface area contributed by atoms with Crippen molar-refractivity contribution in [3.8, 4) is 5.75 Å². The van der Waals surface area contributed by atoms with Crippen LogP contribution in [0.5, 0.6) is 5.75 Å². The largest absolute Gasteiger partial charge is 0.489 e. The average Bonchev–Trinajstić information content (AvgIpc) is 2.44. The Balaban J connectivity index is 2.45. The molecule has 0 spiro atoms. The summed E-state index contributed by atoms with van der Waals surface area (Å²) in [6.45, 7) is 5.09. The van der Waals surface area contributed by atoms with Gasteiger partial charge in [-0.3, -0.25) is 10.1 Å². The number of hydrogen-bond donors (Lipinski definition) is 2. The molecule has 1 unspecified atom stereocenters. The summed E-state index contributed by atoms with van der Waals surface area (Å²) in [5, 5.41) is 5.93. The van der Waals surface area contributed by atoms with Crippen molar-refractivity contribution in [1.82, 2.24) is 5.32 Å². The fourth-order valence-corrected chi connectivity index (χ4v) is 1.49. The third-order valence-electron chi connectivity index (χ3n) is 2.58. The number of methoxy groups -OCH3 is 1. The summed E-state index contributed by atoms with van der Waals surface area (Å²) in [7, 11) is 1.64. The normalized spacial score (nSPS) is 11.9. The van der Waals surface area contributed by atoms with Crippen LogP contribution in [0.3, 0.4) is 0 Å². The van der Waals surface area contributed by atoms with Crippen LogP contribution in [0, 0.1) is 0 Å². The number of benzene rings is 1. The van der Waals surface area contributed by atoms with Gasteiger partial charge in [0.05, 0.1) is 0 Å². The molecule has 1 aromatic carbocycles. The Bertz CT molecular complexity index is 379. The van der Waals surface area contributed by atoms with Gasteiger partial charge in [-0.2, -0.15) is 0 Å². The molecule has 1 aromatic rings. The standard InChI is InChI=1S/C14H22N2O3/c1-4-13(17)16-11-6-8-12(9-7-11)19-10-14(18-3)15-5-2/h6-9,14-15H,4-5,10H2,1-3H3,(H,16,17). The van der Waals surface area contributed by atoms with Crippen molar-refractivity contribution >= 4 is 11.6 Å². The molecule has 1 amide bonds. The highest BCUT2D eigenvalue weighted by atomic mass is 16.5. The summed E-state index contributed by atoms with van der Waals surface area (Å²) < 4.78 is 10.8. The minimum atomic E-state index is -0.121. The van der Waals surface area contributed by atoms with Crippen LogP contribution in [-0.2, 0) is 9.53 Å². The molecule has 0 aliphatic heterocycles. The highest BCUT2D eigenvalue weighted by Crippen LogP contribution is 2.16. The van der Waals surface area contributed by atoms with Gasteiger partial charge in [0.1, 0.15) is 18.6 Å². The molecule has 0 heterocycles. The van der Waals surface area contributed by atoms with Gasteiger partial charge in [0, 0.05) is 19.2 Å². The van der Waals surface area contributed by atoms with Crippen molar-refractivity contribution in [2.75, 3.05) is 25.6 Å². The third-order valence-corrected chi connectivity index (χ3v) is 2.58. The maximum absolute atomic E-state index is 11.2. The number of anilines is 1. The second-order valence-electron chi connectivity index (χ2n) is 4.02. The topological polar surface area (TPSA) is 59.6 Å². The lowest BCUT2D eigenvalue weighted by atomic mass is 10.3. The first-order valence-electron chi connectivity index (χ1n) is 6.48. The number of hydrogen-bond acceptors (Lipinski definition) is 4. The Morgan fingerprint density at radius 2 is 1.95 bits per heavy atom. The van der Waals surface area contributed by atoms with Crippen LogP contribution in [0.4, 0.5) is 5.69 Å². The van der Waals surface area contributed by atoms with E-state index in [0.717, 1.165) is 18.0 Å². The molecule has 19 heavy (non-hydrogen) atoms. The van der Waals surface area contributed by atoms with Gasteiger partial charge in [0.15, 0.2) is 0 Å². The molecule has 0 radical (unpaired) electrons. The lowest BCUT2D eigenvalue weighted by molar-refractivity contribution is -0.115. The molecular formula is C14H22N2O3. The van der Waals surface area contributed by atoms with Gasteiger partial charge in [0.2, 0.25) is 5.91 Å². The summed E-state index contributed by atoms with van der Waals surface area (Å²) >= 11 is 0. The molecule has 0 fully saturated rings. The SMILES string of the molecule is CCNC(COc1ccc(NC(=O)CC)cc1)OC. The second kappa shape index (κ2) is 8.50. The molecule has 5 nitrogen and oxygen atoms in total. The van der Waals surface area contributed by atoms with E-state index in [9.17, 15) is 4.79 Å². The van der Waals surface area contributed by atoms with E-state index >= 15 is 0 Å². The van der Waals surface area contributed by atoms with Crippen molar-refractivity contribution in [3.05, 3.63) is 24.3 Å². The van der Waals surface area contributed by atoms with Gasteiger partial charge in [-0.05, 0) is 30.8 Å². The molecule has 0 saturated carbocycles. The predicted molar refractivity (Wildman–Crippen MR) is 75.3 cm³/mol. The average molecular weight is 266 g/mol. The minimum Gasteiger partial charge on any atom is -0.489 e. The fraction of sp³-hybridized carbons (Fsp3) is 0.500. The summed E-state index contributed by atoms with van der Waals surface area (Å²) in [5.74, 6) is 0.745. The first-order chi connectivity index (χ1) is 9.19. The molecule has 2 N–H and O–H groups in total. The van der Waals surface area contributed by atoms with Crippen molar-refractivity contribution in [3.63, 3.8) is 0 Å². The fourth-order valence-electron chi connectivity index (χ4n) is 1.49. The maximum atomic E-state index is 11.2. The Hall–Kier alpha value is -1.59. The summed E-state index contributed by atoms with van der Waals surface area (Å²) in [6.07, 6.45) is 0.348. The molecule has 0 saturated heterocycles. The van der Waals surface area contributed by atoms with E-state index in [1.807, 2.05) is 38.1 Å². The number of carbonyl (C=O) groups excluding carboxylic acids is 1. The van der Waals surface area contributed by atoms with E-state index in [1.165, 1.54) is 0 Å². The molecular weight excluding hydrogens is 244 g/mol. The van der Waals surface area contributed by atoms with Crippen LogP contribution in [-0.4, -0.2) is 32.4 Å². The van der Waals surface area contributed by atoms with Crippen LogP contribution in [0.15, 0.2) is 24.3 Å². The van der Waals surface area contributed by atoms with E-state index in [1.54, 1.807) is 7.11 Å². The van der Waals surface area contributed by atoms with Gasteiger partial charge < -0.3 is 14.8 Å². The molecule has 106 valence electrons. The van der Waals surface area contributed by atoms with Crippen molar-refractivity contribution in [1.29, 1.82) is 0 Å². The monoisotopic (exact) mass is 266 g/mol. The molecule has 0 bridgehead atoms. The maximum Gasteiger partial charge on any atom is 0.224 e. The minimum absolute atomic E-state index is 0.000242. The van der Waals surface area contributed by atoms with Gasteiger partial charge in [0.25, 0.3) is 0 Å². The Morgan fingerprint density at radius 3 is 2.47 bits per heavy atom. The number of likely N-dealkylation sites (N-methyl/N-ethyl adjacent to an activating group) is 1. The van der Waals surface area contributed by atoms with E-state index in [0.29, 0.717) is 13.0 Å². The Labute approximate surface area is 114 Å². The van der Waals surface area contributed by atoms with Crippen LogP contribution in [0.25, 0.3) is 0 Å². The van der Waals surface area contributed by atoms with Crippen molar-refractivity contribution in [2.45, 2.75) is 26.5 Å². The highest BCUT2D eigenvalue weighted by Gasteiger charge is 2.06. The quantitative estimate of drug-likeness (QED) is 0.707. The lowest BCUT2D eigenvalue weighted by Gasteiger charge is -2.16. The van der Waals surface area contributed by atoms with Crippen molar-refractivity contribution in [2.24, 2.45) is 0 Å². The zero-order valence-electron chi connectivity index (χ0n) is 11.7. The number of ether oxygens (including phenoxy) is 2. The van der Waals surface area contributed by atoms with Gasteiger partial charge >= 0.3 is 0 Å². The first kappa shape index (κ1) is 15.5. The van der Waals surface area contributed by atoms with Crippen LogP contribution >= 0.6 is 0 Å². The number of rotatable bonds is 8. The summed E-state index contributed by atoms with van der Waals surface area (Å²) in [6, 6.07) is 7.28. The number of amides is 1. The van der Waals surface area contributed by atoms with Gasteiger partial charge in [-0.15, -0.1) is 0 Å². The Morgan fingerprint density at radius 1 is 1.26 bits per heavy atom. The van der Waals surface area contributed by atoms with Crippen LogP contribution in [0.1, 0.15) is 20.3 Å². The smallest absolute Gasteiger partial charge is 0.224 e. The van der Waals surface area contributed by atoms with Crippen LogP contribution in [0.2, 0.25) is 0 Å². The highest BCUT2D eigenvalue weighted by molar-refractivity contribution is 5.90. The van der Waals surface area contributed by atoms with E-state index < -0.39 is 0 Å².